The summed E-state index contributed by atoms with van der Waals surface area (Å²) in [7, 11) is 0. The minimum absolute atomic E-state index is 0.0659. The van der Waals surface area contributed by atoms with Crippen LogP contribution in [0.25, 0.3) is 0 Å². The fraction of sp³-hybridized carbons (Fsp3) is 0.235. The quantitative estimate of drug-likeness (QED) is 0.812. The van der Waals surface area contributed by atoms with Crippen LogP contribution in [0.5, 0.6) is 0 Å². The van der Waals surface area contributed by atoms with Crippen molar-refractivity contribution in [1.29, 1.82) is 0 Å². The van der Waals surface area contributed by atoms with Crippen LogP contribution in [-0.4, -0.2) is 11.9 Å². The standard InChI is InChI=1S/C17H17ClN2O/c1-11-6-7-12-4-2-3-5-16(12)20(11)17(21)14-9-8-13(18)10-15(14)19/h2-5,8-11H,6-7,19H2,1H3. The van der Waals surface area contributed by atoms with Crippen LogP contribution in [-0.2, 0) is 6.42 Å². The minimum atomic E-state index is -0.0659. The number of para-hydroxylation sites is 1. The fourth-order valence-electron chi connectivity index (χ4n) is 2.86. The molecular weight excluding hydrogens is 284 g/mol. The van der Waals surface area contributed by atoms with Crippen molar-refractivity contribution in [3.8, 4) is 0 Å². The van der Waals surface area contributed by atoms with Gasteiger partial charge in [0.2, 0.25) is 0 Å². The zero-order valence-electron chi connectivity index (χ0n) is 11.8. The molecule has 0 fully saturated rings. The van der Waals surface area contributed by atoms with E-state index in [-0.39, 0.29) is 11.9 Å². The van der Waals surface area contributed by atoms with Crippen LogP contribution in [0, 0.1) is 0 Å². The van der Waals surface area contributed by atoms with Crippen molar-refractivity contribution in [2.24, 2.45) is 0 Å². The van der Waals surface area contributed by atoms with E-state index in [1.807, 2.05) is 23.1 Å². The van der Waals surface area contributed by atoms with Crippen LogP contribution < -0.4 is 10.6 Å². The number of nitrogens with zero attached hydrogens (tertiary/aromatic N) is 1. The summed E-state index contributed by atoms with van der Waals surface area (Å²) in [5, 5.41) is 0.538. The number of rotatable bonds is 1. The predicted octanol–water partition coefficient (Wildman–Crippen LogP) is 3.90. The maximum atomic E-state index is 12.9. The second-order valence-electron chi connectivity index (χ2n) is 5.42. The molecule has 0 saturated heterocycles. The zero-order chi connectivity index (χ0) is 15.0. The first-order valence-corrected chi connectivity index (χ1v) is 7.42. The first-order chi connectivity index (χ1) is 10.1. The number of carbonyl (C=O) groups excluding carboxylic acids is 1. The van der Waals surface area contributed by atoms with Gasteiger partial charge in [0.05, 0.1) is 5.56 Å². The molecule has 1 aliphatic heterocycles. The van der Waals surface area contributed by atoms with Crippen LogP contribution in [0.3, 0.4) is 0 Å². The van der Waals surface area contributed by atoms with Crippen LogP contribution in [0.4, 0.5) is 11.4 Å². The highest BCUT2D eigenvalue weighted by molar-refractivity contribution is 6.31. The summed E-state index contributed by atoms with van der Waals surface area (Å²) in [6.45, 7) is 2.07. The number of nitrogens with two attached hydrogens (primary N) is 1. The van der Waals surface area contributed by atoms with E-state index in [9.17, 15) is 4.79 Å². The number of hydrogen-bond donors (Lipinski definition) is 1. The Kier molecular flexibility index (Phi) is 3.60. The molecule has 0 aliphatic carbocycles. The van der Waals surface area contributed by atoms with Crippen LogP contribution in [0.1, 0.15) is 29.3 Å². The largest absolute Gasteiger partial charge is 0.398 e. The van der Waals surface area contributed by atoms with Crippen molar-refractivity contribution in [3.63, 3.8) is 0 Å². The van der Waals surface area contributed by atoms with Gasteiger partial charge in [0.1, 0.15) is 0 Å². The second kappa shape index (κ2) is 5.41. The molecule has 0 saturated carbocycles. The van der Waals surface area contributed by atoms with Gasteiger partial charge in [-0.2, -0.15) is 0 Å². The Morgan fingerprint density at radius 2 is 2.05 bits per heavy atom. The Bertz CT molecular complexity index is 699. The summed E-state index contributed by atoms with van der Waals surface area (Å²) >= 11 is 5.91. The Balaban J connectivity index is 2.05. The molecular formula is C17H17ClN2O. The smallest absolute Gasteiger partial charge is 0.260 e. The van der Waals surface area contributed by atoms with Gasteiger partial charge in [0.25, 0.3) is 5.91 Å². The van der Waals surface area contributed by atoms with Crippen molar-refractivity contribution in [2.75, 3.05) is 10.6 Å². The third kappa shape index (κ3) is 2.49. The number of nitrogen functional groups attached to an aromatic ring is 1. The SMILES string of the molecule is CC1CCc2ccccc2N1C(=O)c1ccc(Cl)cc1N. The number of amides is 1. The van der Waals surface area contributed by atoms with Gasteiger partial charge in [0.15, 0.2) is 0 Å². The number of halogens is 1. The topological polar surface area (TPSA) is 46.3 Å². The molecule has 2 aromatic rings. The van der Waals surface area contributed by atoms with Gasteiger partial charge in [-0.05, 0) is 49.6 Å². The summed E-state index contributed by atoms with van der Waals surface area (Å²) in [4.78, 5) is 14.8. The van der Waals surface area contributed by atoms with E-state index >= 15 is 0 Å². The zero-order valence-corrected chi connectivity index (χ0v) is 12.6. The Labute approximate surface area is 129 Å². The summed E-state index contributed by atoms with van der Waals surface area (Å²) < 4.78 is 0. The third-order valence-electron chi connectivity index (χ3n) is 3.99. The lowest BCUT2D eigenvalue weighted by Gasteiger charge is -2.35. The number of benzene rings is 2. The van der Waals surface area contributed by atoms with Crippen molar-refractivity contribution in [1.82, 2.24) is 0 Å². The molecule has 0 bridgehead atoms. The third-order valence-corrected chi connectivity index (χ3v) is 4.22. The van der Waals surface area contributed by atoms with Gasteiger partial charge in [0, 0.05) is 22.4 Å². The molecule has 2 N–H and O–H groups in total. The van der Waals surface area contributed by atoms with Crippen LogP contribution in [0.2, 0.25) is 5.02 Å². The monoisotopic (exact) mass is 300 g/mol. The van der Waals surface area contributed by atoms with Crippen molar-refractivity contribution < 1.29 is 4.79 Å². The maximum Gasteiger partial charge on any atom is 0.260 e. The molecule has 0 spiro atoms. The molecule has 21 heavy (non-hydrogen) atoms. The number of fused-ring (bicyclic) bond motifs is 1. The van der Waals surface area contributed by atoms with E-state index in [4.69, 9.17) is 17.3 Å². The summed E-state index contributed by atoms with van der Waals surface area (Å²) in [6, 6.07) is 13.2. The Morgan fingerprint density at radius 3 is 2.81 bits per heavy atom. The Hall–Kier alpha value is -2.00. The Morgan fingerprint density at radius 1 is 1.29 bits per heavy atom. The molecule has 0 aromatic heterocycles. The number of anilines is 2. The normalized spacial score (nSPS) is 17.4. The van der Waals surface area contributed by atoms with Gasteiger partial charge >= 0.3 is 0 Å². The first-order valence-electron chi connectivity index (χ1n) is 7.04. The summed E-state index contributed by atoms with van der Waals surface area (Å²) in [5.41, 5.74) is 9.07. The molecule has 108 valence electrons. The second-order valence-corrected chi connectivity index (χ2v) is 5.86. The van der Waals surface area contributed by atoms with E-state index in [0.717, 1.165) is 18.5 Å². The summed E-state index contributed by atoms with van der Waals surface area (Å²) in [5.74, 6) is -0.0659. The van der Waals surface area contributed by atoms with Gasteiger partial charge in [-0.1, -0.05) is 29.8 Å². The van der Waals surface area contributed by atoms with Gasteiger partial charge in [-0.3, -0.25) is 4.79 Å². The molecule has 0 radical (unpaired) electrons. The first kappa shape index (κ1) is 14.0. The maximum absolute atomic E-state index is 12.9. The number of hydrogen-bond acceptors (Lipinski definition) is 2. The van der Waals surface area contributed by atoms with Crippen LogP contribution in [0.15, 0.2) is 42.5 Å². The lowest BCUT2D eigenvalue weighted by atomic mass is 9.95. The summed E-state index contributed by atoms with van der Waals surface area (Å²) in [6.07, 6.45) is 1.95. The lowest BCUT2D eigenvalue weighted by Crippen LogP contribution is -2.42. The van der Waals surface area contributed by atoms with E-state index in [2.05, 4.69) is 13.0 Å². The lowest BCUT2D eigenvalue weighted by molar-refractivity contribution is 0.0976. The van der Waals surface area contributed by atoms with Crippen molar-refractivity contribution >= 4 is 28.9 Å². The fourth-order valence-corrected chi connectivity index (χ4v) is 3.04. The molecule has 1 heterocycles. The van der Waals surface area contributed by atoms with E-state index < -0.39 is 0 Å². The van der Waals surface area contributed by atoms with Gasteiger partial charge in [-0.15, -0.1) is 0 Å². The highest BCUT2D eigenvalue weighted by Gasteiger charge is 2.29. The predicted molar refractivity (Wildman–Crippen MR) is 86.9 cm³/mol. The highest BCUT2D eigenvalue weighted by Crippen LogP contribution is 2.32. The molecule has 2 aromatic carbocycles. The van der Waals surface area contributed by atoms with E-state index in [1.54, 1.807) is 18.2 Å². The number of aryl methyl sites for hydroxylation is 1. The van der Waals surface area contributed by atoms with E-state index in [0.29, 0.717) is 16.3 Å². The number of carbonyl (C=O) groups is 1. The average molecular weight is 301 g/mol. The molecule has 1 atom stereocenters. The molecule has 3 nitrogen and oxygen atoms in total. The highest BCUT2D eigenvalue weighted by atomic mass is 35.5. The van der Waals surface area contributed by atoms with Crippen molar-refractivity contribution in [3.05, 3.63) is 58.6 Å². The average Bonchev–Trinajstić information content (AvgIpc) is 2.46. The van der Waals surface area contributed by atoms with Gasteiger partial charge in [-0.25, -0.2) is 0 Å². The minimum Gasteiger partial charge on any atom is -0.398 e. The molecule has 1 aliphatic rings. The van der Waals surface area contributed by atoms with E-state index in [1.165, 1.54) is 5.56 Å². The molecule has 4 heteroatoms. The molecule has 3 rings (SSSR count). The van der Waals surface area contributed by atoms with Crippen molar-refractivity contribution in [2.45, 2.75) is 25.8 Å². The van der Waals surface area contributed by atoms with Gasteiger partial charge < -0.3 is 10.6 Å². The molecule has 1 amide bonds. The van der Waals surface area contributed by atoms with Crippen LogP contribution >= 0.6 is 11.6 Å². The molecule has 1 unspecified atom stereocenters.